The smallest absolute Gasteiger partial charge is 0.387 e. The minimum Gasteiger partial charge on any atom is -0.433 e. The molecule has 8 heteroatoms. The van der Waals surface area contributed by atoms with Gasteiger partial charge in [-0.25, -0.2) is 0 Å². The lowest BCUT2D eigenvalue weighted by Crippen LogP contribution is -2.44. The van der Waals surface area contributed by atoms with E-state index in [2.05, 4.69) is 10.1 Å². The highest BCUT2D eigenvalue weighted by Crippen LogP contribution is 2.30. The normalized spacial score (nSPS) is 12.2. The fourth-order valence-electron chi connectivity index (χ4n) is 1.54. The molecule has 0 saturated heterocycles. The molecule has 0 spiro atoms. The van der Waals surface area contributed by atoms with Crippen molar-refractivity contribution in [3.05, 3.63) is 15.8 Å². The van der Waals surface area contributed by atoms with Crippen molar-refractivity contribution >= 4 is 23.2 Å². The molecule has 0 bridgehead atoms. The van der Waals surface area contributed by atoms with E-state index in [4.69, 9.17) is 0 Å². The van der Waals surface area contributed by atoms with Gasteiger partial charge in [0.05, 0.1) is 0 Å². The van der Waals surface area contributed by atoms with Crippen LogP contribution < -0.4 is 10.1 Å². The van der Waals surface area contributed by atoms with Crippen LogP contribution in [0.25, 0.3) is 0 Å². The summed E-state index contributed by atoms with van der Waals surface area (Å²) in [6.07, 6.45) is 0. The van der Waals surface area contributed by atoms with Gasteiger partial charge >= 0.3 is 6.61 Å². The minimum absolute atomic E-state index is 0.0289. The zero-order valence-corrected chi connectivity index (χ0v) is 12.4. The number of carbonyl (C=O) groups is 2. The molecular weight excluding hydrogens is 290 g/mol. The van der Waals surface area contributed by atoms with E-state index in [9.17, 15) is 18.4 Å². The molecule has 1 heterocycles. The van der Waals surface area contributed by atoms with Gasteiger partial charge in [-0.15, -0.1) is 11.3 Å². The van der Waals surface area contributed by atoms with Gasteiger partial charge in [0.2, 0.25) is 5.91 Å². The summed E-state index contributed by atoms with van der Waals surface area (Å²) in [6, 6.07) is 0.615. The average Bonchev–Trinajstić information content (AvgIpc) is 2.67. The van der Waals surface area contributed by atoms with Gasteiger partial charge in [0.25, 0.3) is 5.91 Å². The Balaban J connectivity index is 2.84. The van der Waals surface area contributed by atoms with Crippen molar-refractivity contribution in [2.75, 3.05) is 14.1 Å². The van der Waals surface area contributed by atoms with Gasteiger partial charge in [0, 0.05) is 19.0 Å². The molecule has 5 nitrogen and oxygen atoms in total. The zero-order chi connectivity index (χ0) is 15.4. The summed E-state index contributed by atoms with van der Waals surface area (Å²) in [6.45, 7) is 0.194. The second-order valence-corrected chi connectivity index (χ2v) is 5.61. The van der Waals surface area contributed by atoms with Crippen LogP contribution in [0.1, 0.15) is 21.5 Å². The molecule has 0 radical (unpaired) electrons. The third-order valence-electron chi connectivity index (χ3n) is 2.40. The number of nitrogens with zero attached hydrogens (tertiary/aromatic N) is 1. The van der Waals surface area contributed by atoms with Crippen molar-refractivity contribution < 1.29 is 23.1 Å². The van der Waals surface area contributed by atoms with E-state index in [1.807, 2.05) is 0 Å². The van der Waals surface area contributed by atoms with E-state index in [0.29, 0.717) is 4.88 Å². The summed E-state index contributed by atoms with van der Waals surface area (Å²) >= 11 is 1.03. The van der Waals surface area contributed by atoms with E-state index < -0.39 is 18.6 Å². The molecule has 0 saturated carbocycles. The van der Waals surface area contributed by atoms with Gasteiger partial charge in [0.15, 0.2) is 0 Å². The molecule has 2 amide bonds. The molecule has 1 unspecified atom stereocenters. The minimum atomic E-state index is -3.00. The fourth-order valence-corrected chi connectivity index (χ4v) is 2.39. The predicted molar refractivity (Wildman–Crippen MR) is 71.3 cm³/mol. The summed E-state index contributed by atoms with van der Waals surface area (Å²) in [7, 11) is 3.12. The highest BCUT2D eigenvalue weighted by molar-refractivity contribution is 7.14. The SMILES string of the molecule is Cc1cc(OC(F)F)c(C(=O)NC(C)C(=O)N(C)C)s1. The lowest BCUT2D eigenvalue weighted by atomic mass is 10.3. The van der Waals surface area contributed by atoms with Crippen LogP contribution in [0, 0.1) is 6.92 Å². The first-order valence-corrected chi connectivity index (χ1v) is 6.61. The van der Waals surface area contributed by atoms with Crippen LogP contribution in [0.3, 0.4) is 0 Å². The van der Waals surface area contributed by atoms with E-state index in [1.54, 1.807) is 21.0 Å². The number of halogens is 2. The van der Waals surface area contributed by atoms with Gasteiger partial charge in [-0.2, -0.15) is 8.78 Å². The molecule has 20 heavy (non-hydrogen) atoms. The lowest BCUT2D eigenvalue weighted by molar-refractivity contribution is -0.130. The molecule has 0 aliphatic carbocycles. The van der Waals surface area contributed by atoms with Crippen molar-refractivity contribution in [3.63, 3.8) is 0 Å². The number of nitrogens with one attached hydrogen (secondary N) is 1. The summed E-state index contributed by atoms with van der Waals surface area (Å²) < 4.78 is 28.8. The standard InChI is InChI=1S/C12H16F2N2O3S/c1-6-5-8(19-12(13)14)9(20-6)10(17)15-7(2)11(18)16(3)4/h5,7,12H,1-4H3,(H,15,17). The van der Waals surface area contributed by atoms with E-state index in [0.717, 1.165) is 11.3 Å². The van der Waals surface area contributed by atoms with Gasteiger partial charge in [-0.05, 0) is 19.9 Å². The molecule has 112 valence electrons. The Kier molecular flexibility index (Phi) is 5.43. The highest BCUT2D eigenvalue weighted by Gasteiger charge is 2.23. The van der Waals surface area contributed by atoms with Crippen molar-refractivity contribution in [2.45, 2.75) is 26.5 Å². The summed E-state index contributed by atoms with van der Waals surface area (Å²) in [5.41, 5.74) is 0. The van der Waals surface area contributed by atoms with Gasteiger partial charge < -0.3 is 15.0 Å². The average molecular weight is 306 g/mol. The number of likely N-dealkylation sites (N-methyl/N-ethyl adjacent to an activating group) is 1. The maximum atomic E-state index is 12.3. The molecule has 1 N–H and O–H groups in total. The second kappa shape index (κ2) is 6.65. The first kappa shape index (κ1) is 16.4. The molecule has 1 aromatic heterocycles. The van der Waals surface area contributed by atoms with Crippen LogP contribution in [-0.4, -0.2) is 43.5 Å². The Bertz CT molecular complexity index is 503. The molecule has 1 atom stereocenters. The van der Waals surface area contributed by atoms with E-state index >= 15 is 0 Å². The van der Waals surface area contributed by atoms with Crippen molar-refractivity contribution in [1.82, 2.24) is 10.2 Å². The molecule has 0 fully saturated rings. The Hall–Kier alpha value is -1.70. The Morgan fingerprint density at radius 1 is 1.40 bits per heavy atom. The number of rotatable bonds is 5. The number of amides is 2. The van der Waals surface area contributed by atoms with Crippen molar-refractivity contribution in [1.29, 1.82) is 0 Å². The van der Waals surface area contributed by atoms with E-state index in [1.165, 1.54) is 17.9 Å². The third kappa shape index (κ3) is 4.16. The molecule has 1 rings (SSSR count). The van der Waals surface area contributed by atoms with Crippen molar-refractivity contribution in [2.24, 2.45) is 0 Å². The van der Waals surface area contributed by atoms with Crippen LogP contribution in [0.5, 0.6) is 5.75 Å². The van der Waals surface area contributed by atoms with Gasteiger partial charge in [-0.1, -0.05) is 0 Å². The first-order chi connectivity index (χ1) is 9.22. The Morgan fingerprint density at radius 2 is 2.00 bits per heavy atom. The monoisotopic (exact) mass is 306 g/mol. The van der Waals surface area contributed by atoms with Gasteiger partial charge in [-0.3, -0.25) is 9.59 Å². The summed E-state index contributed by atoms with van der Waals surface area (Å²) in [5.74, 6) is -1.08. The Morgan fingerprint density at radius 3 is 2.50 bits per heavy atom. The van der Waals surface area contributed by atoms with Gasteiger partial charge in [0.1, 0.15) is 16.7 Å². The van der Waals surface area contributed by atoms with Crippen LogP contribution in [0.15, 0.2) is 6.07 Å². The van der Waals surface area contributed by atoms with E-state index in [-0.39, 0.29) is 16.5 Å². The van der Waals surface area contributed by atoms with Crippen molar-refractivity contribution in [3.8, 4) is 5.75 Å². The predicted octanol–water partition coefficient (Wildman–Crippen LogP) is 1.86. The molecule has 1 aromatic rings. The number of alkyl halides is 2. The quantitative estimate of drug-likeness (QED) is 0.903. The second-order valence-electron chi connectivity index (χ2n) is 4.36. The number of carbonyl (C=O) groups excluding carboxylic acids is 2. The largest absolute Gasteiger partial charge is 0.433 e. The Labute approximate surface area is 119 Å². The highest BCUT2D eigenvalue weighted by atomic mass is 32.1. The maximum absolute atomic E-state index is 12.3. The van der Waals surface area contributed by atoms with Crippen LogP contribution >= 0.6 is 11.3 Å². The summed E-state index contributed by atoms with van der Waals surface area (Å²) in [5, 5.41) is 2.46. The molecule has 0 aliphatic rings. The third-order valence-corrected chi connectivity index (χ3v) is 3.43. The van der Waals surface area contributed by atoms with Crippen LogP contribution in [0.4, 0.5) is 8.78 Å². The van der Waals surface area contributed by atoms with Crippen LogP contribution in [-0.2, 0) is 4.79 Å². The summed E-state index contributed by atoms with van der Waals surface area (Å²) in [4.78, 5) is 25.7. The van der Waals surface area contributed by atoms with Crippen LogP contribution in [0.2, 0.25) is 0 Å². The topological polar surface area (TPSA) is 58.6 Å². The molecule has 0 aliphatic heterocycles. The zero-order valence-electron chi connectivity index (χ0n) is 11.6. The maximum Gasteiger partial charge on any atom is 0.387 e. The lowest BCUT2D eigenvalue weighted by Gasteiger charge is -2.17. The number of hydrogen-bond donors (Lipinski definition) is 1. The molecular formula is C12H16F2N2O3S. The fraction of sp³-hybridized carbons (Fsp3) is 0.500. The number of thiophene rings is 1. The number of ether oxygens (including phenoxy) is 1. The number of hydrogen-bond acceptors (Lipinski definition) is 4. The first-order valence-electron chi connectivity index (χ1n) is 5.79. The molecule has 0 aromatic carbocycles. The number of aryl methyl sites for hydroxylation is 1.